The molecule has 1 N–H and O–H groups in total. The Morgan fingerprint density at radius 2 is 2.00 bits per heavy atom. The first-order valence-electron chi connectivity index (χ1n) is 6.40. The summed E-state index contributed by atoms with van der Waals surface area (Å²) >= 11 is 0. The van der Waals surface area contributed by atoms with E-state index in [-0.39, 0.29) is 18.0 Å². The number of halogens is 4. The van der Waals surface area contributed by atoms with Crippen LogP contribution < -0.4 is 5.32 Å². The molecule has 1 fully saturated rings. The van der Waals surface area contributed by atoms with Crippen molar-refractivity contribution in [2.24, 2.45) is 5.92 Å². The molecule has 0 aliphatic carbocycles. The van der Waals surface area contributed by atoms with E-state index in [1.165, 1.54) is 19.2 Å². The van der Waals surface area contributed by atoms with Gasteiger partial charge >= 0.3 is 12.1 Å². The van der Waals surface area contributed by atoms with E-state index in [0.717, 1.165) is 6.07 Å². The van der Waals surface area contributed by atoms with Gasteiger partial charge in [-0.3, -0.25) is 4.79 Å². The van der Waals surface area contributed by atoms with Crippen molar-refractivity contribution in [2.45, 2.75) is 18.5 Å². The molecule has 0 bridgehead atoms. The number of rotatable bonds is 2. The van der Waals surface area contributed by atoms with Crippen LogP contribution in [0.4, 0.5) is 13.2 Å². The number of carbonyl (C=O) groups excluding carboxylic acids is 1. The predicted molar refractivity (Wildman–Crippen MR) is 74.4 cm³/mol. The number of nitrogens with one attached hydrogen (secondary N) is 1. The molecule has 0 spiro atoms. The van der Waals surface area contributed by atoms with Gasteiger partial charge in [0.05, 0.1) is 18.6 Å². The molecule has 1 aliphatic rings. The summed E-state index contributed by atoms with van der Waals surface area (Å²) in [5.41, 5.74) is -0.488. The van der Waals surface area contributed by atoms with Gasteiger partial charge in [0.15, 0.2) is 0 Å². The number of esters is 1. The Labute approximate surface area is 127 Å². The van der Waals surface area contributed by atoms with Crippen LogP contribution >= 0.6 is 12.4 Å². The summed E-state index contributed by atoms with van der Waals surface area (Å²) in [4.78, 5) is 11.8. The molecule has 0 saturated carbocycles. The van der Waals surface area contributed by atoms with E-state index in [2.05, 4.69) is 5.32 Å². The summed E-state index contributed by atoms with van der Waals surface area (Å²) in [6, 6.07) is 5.45. The summed E-state index contributed by atoms with van der Waals surface area (Å²) in [6.07, 6.45) is -3.94. The van der Waals surface area contributed by atoms with Crippen LogP contribution in [0.2, 0.25) is 0 Å². The van der Waals surface area contributed by atoms with Crippen molar-refractivity contribution in [3.8, 4) is 0 Å². The van der Waals surface area contributed by atoms with Crippen LogP contribution in [0.15, 0.2) is 24.3 Å². The average molecular weight is 324 g/mol. The van der Waals surface area contributed by atoms with Gasteiger partial charge in [0, 0.05) is 12.5 Å². The number of hydrogen-bond donors (Lipinski definition) is 1. The second-order valence-corrected chi connectivity index (χ2v) is 4.81. The van der Waals surface area contributed by atoms with Gasteiger partial charge in [-0.05, 0) is 24.6 Å². The molecule has 1 aromatic carbocycles. The maximum Gasteiger partial charge on any atom is 0.416 e. The summed E-state index contributed by atoms with van der Waals surface area (Å²) in [6.45, 7) is 0.924. The van der Waals surface area contributed by atoms with Crippen molar-refractivity contribution in [1.29, 1.82) is 0 Å². The highest BCUT2D eigenvalue weighted by Gasteiger charge is 2.39. The molecule has 0 aromatic heterocycles. The molecule has 1 heterocycles. The largest absolute Gasteiger partial charge is 0.469 e. The van der Waals surface area contributed by atoms with Crippen molar-refractivity contribution in [3.05, 3.63) is 35.4 Å². The third-order valence-electron chi connectivity index (χ3n) is 3.65. The van der Waals surface area contributed by atoms with Gasteiger partial charge in [0.25, 0.3) is 0 Å². The highest BCUT2D eigenvalue weighted by molar-refractivity contribution is 5.85. The Kier molecular flexibility index (Phi) is 6.04. The lowest BCUT2D eigenvalue weighted by molar-refractivity contribution is -0.148. The number of benzene rings is 1. The number of ether oxygens (including phenoxy) is 1. The Balaban J connectivity index is 0.00000220. The Morgan fingerprint density at radius 3 is 2.62 bits per heavy atom. The minimum absolute atomic E-state index is 0. The number of methoxy groups -OCH3 is 1. The highest BCUT2D eigenvalue weighted by atomic mass is 35.5. The lowest BCUT2D eigenvalue weighted by Crippen LogP contribution is -2.40. The maximum atomic E-state index is 13.1. The number of carbonyl (C=O) groups is 1. The van der Waals surface area contributed by atoms with Crippen LogP contribution in [-0.2, 0) is 15.7 Å². The molecule has 2 atom stereocenters. The molecule has 1 saturated heterocycles. The van der Waals surface area contributed by atoms with Crippen LogP contribution in [0.1, 0.15) is 23.5 Å². The van der Waals surface area contributed by atoms with Crippen LogP contribution in [0.5, 0.6) is 0 Å². The maximum absolute atomic E-state index is 13.1. The fraction of sp³-hybridized carbons (Fsp3) is 0.500. The molecule has 0 amide bonds. The van der Waals surface area contributed by atoms with Gasteiger partial charge in [0.2, 0.25) is 0 Å². The molecule has 1 aromatic rings. The third-order valence-corrected chi connectivity index (χ3v) is 3.65. The SMILES string of the molecule is COC(=O)C1CNCCC1c1ccccc1C(F)(F)F.Cl. The van der Waals surface area contributed by atoms with E-state index in [4.69, 9.17) is 4.74 Å². The summed E-state index contributed by atoms with van der Waals surface area (Å²) in [5.74, 6) is -1.53. The van der Waals surface area contributed by atoms with E-state index in [1.54, 1.807) is 6.07 Å². The third kappa shape index (κ3) is 3.89. The Bertz CT molecular complexity index is 493. The van der Waals surface area contributed by atoms with Gasteiger partial charge in [-0.1, -0.05) is 18.2 Å². The van der Waals surface area contributed by atoms with Gasteiger partial charge in [-0.2, -0.15) is 13.2 Å². The van der Waals surface area contributed by atoms with Crippen molar-refractivity contribution >= 4 is 18.4 Å². The average Bonchev–Trinajstić information content (AvgIpc) is 2.45. The quantitative estimate of drug-likeness (QED) is 0.850. The summed E-state index contributed by atoms with van der Waals surface area (Å²) in [7, 11) is 1.25. The second kappa shape index (κ2) is 7.13. The van der Waals surface area contributed by atoms with Crippen molar-refractivity contribution in [1.82, 2.24) is 5.32 Å². The van der Waals surface area contributed by atoms with Gasteiger partial charge < -0.3 is 10.1 Å². The van der Waals surface area contributed by atoms with E-state index in [9.17, 15) is 18.0 Å². The van der Waals surface area contributed by atoms with Crippen LogP contribution in [0.3, 0.4) is 0 Å². The molecule has 2 unspecified atom stereocenters. The van der Waals surface area contributed by atoms with Crippen LogP contribution in [-0.4, -0.2) is 26.2 Å². The first-order valence-corrected chi connectivity index (χ1v) is 6.40. The summed E-state index contributed by atoms with van der Waals surface area (Å²) < 4.78 is 44.0. The second-order valence-electron chi connectivity index (χ2n) is 4.81. The van der Waals surface area contributed by atoms with Gasteiger partial charge in [-0.25, -0.2) is 0 Å². The Hall–Kier alpha value is -1.27. The molecular weight excluding hydrogens is 307 g/mol. The first-order chi connectivity index (χ1) is 9.45. The van der Waals surface area contributed by atoms with E-state index < -0.39 is 29.5 Å². The smallest absolute Gasteiger partial charge is 0.416 e. The van der Waals surface area contributed by atoms with Crippen molar-refractivity contribution in [3.63, 3.8) is 0 Å². The molecule has 2 rings (SSSR count). The topological polar surface area (TPSA) is 38.3 Å². The normalized spacial score (nSPS) is 22.3. The lowest BCUT2D eigenvalue weighted by atomic mass is 9.79. The van der Waals surface area contributed by atoms with E-state index in [1.807, 2.05) is 0 Å². The monoisotopic (exact) mass is 323 g/mol. The fourth-order valence-electron chi connectivity index (χ4n) is 2.71. The van der Waals surface area contributed by atoms with Crippen molar-refractivity contribution < 1.29 is 22.7 Å². The van der Waals surface area contributed by atoms with E-state index >= 15 is 0 Å². The lowest BCUT2D eigenvalue weighted by Gasteiger charge is -2.32. The number of piperidine rings is 1. The predicted octanol–water partition coefficient (Wildman–Crippen LogP) is 2.99. The standard InChI is InChI=1S/C14H16F3NO2.ClH/c1-20-13(19)11-8-18-7-6-9(11)10-4-2-3-5-12(10)14(15,16)17;/h2-5,9,11,18H,6-8H2,1H3;1H. The summed E-state index contributed by atoms with van der Waals surface area (Å²) in [5, 5.41) is 3.03. The molecule has 7 heteroatoms. The fourth-order valence-corrected chi connectivity index (χ4v) is 2.71. The molecule has 3 nitrogen and oxygen atoms in total. The zero-order chi connectivity index (χ0) is 14.8. The molecular formula is C14H17ClF3NO2. The molecule has 1 aliphatic heterocycles. The number of hydrogen-bond acceptors (Lipinski definition) is 3. The van der Waals surface area contributed by atoms with E-state index in [0.29, 0.717) is 19.5 Å². The van der Waals surface area contributed by atoms with Crippen molar-refractivity contribution in [2.75, 3.05) is 20.2 Å². The minimum Gasteiger partial charge on any atom is -0.469 e. The molecule has 0 radical (unpaired) electrons. The van der Waals surface area contributed by atoms with Gasteiger partial charge in [-0.15, -0.1) is 12.4 Å². The molecule has 21 heavy (non-hydrogen) atoms. The van der Waals surface area contributed by atoms with Crippen LogP contribution in [0, 0.1) is 5.92 Å². The zero-order valence-electron chi connectivity index (χ0n) is 11.4. The highest BCUT2D eigenvalue weighted by Crippen LogP contribution is 2.39. The number of alkyl halides is 3. The van der Waals surface area contributed by atoms with Gasteiger partial charge in [0.1, 0.15) is 0 Å². The van der Waals surface area contributed by atoms with Crippen LogP contribution in [0.25, 0.3) is 0 Å². The first kappa shape index (κ1) is 17.8. The zero-order valence-corrected chi connectivity index (χ0v) is 12.3. The molecule has 118 valence electrons. The Morgan fingerprint density at radius 1 is 1.33 bits per heavy atom. The minimum atomic E-state index is -4.41.